The minimum Gasteiger partial charge on any atom is -0.310 e. The molecule has 0 N–H and O–H groups in total. The van der Waals surface area contributed by atoms with Crippen LogP contribution in [0.15, 0.2) is 188 Å². The van der Waals surface area contributed by atoms with E-state index in [1.807, 2.05) is 0 Å². The third-order valence-electron chi connectivity index (χ3n) is 11.3. The van der Waals surface area contributed by atoms with E-state index in [0.29, 0.717) is 11.1 Å². The number of para-hydroxylation sites is 4. The Labute approximate surface area is 330 Å². The van der Waals surface area contributed by atoms with E-state index >= 15 is 0 Å². The van der Waals surface area contributed by atoms with E-state index in [-0.39, 0.29) is 11.4 Å². The summed E-state index contributed by atoms with van der Waals surface area (Å²) in [4.78, 5) is 9.93. The van der Waals surface area contributed by atoms with Gasteiger partial charge in [0, 0.05) is 27.7 Å². The minimum atomic E-state index is -0.637. The quantitative estimate of drug-likeness (QED) is 0.166. The molecule has 0 radical (unpaired) electrons. The van der Waals surface area contributed by atoms with Crippen molar-refractivity contribution >= 4 is 50.2 Å². The molecule has 0 fully saturated rings. The molecule has 2 heterocycles. The van der Waals surface area contributed by atoms with E-state index in [9.17, 15) is 5.26 Å². The van der Waals surface area contributed by atoms with Gasteiger partial charge in [-0.1, -0.05) is 140 Å². The number of nitriles is 1. The van der Waals surface area contributed by atoms with E-state index in [0.717, 1.165) is 72.4 Å². The van der Waals surface area contributed by atoms with Crippen molar-refractivity contribution in [3.05, 3.63) is 239 Å². The van der Waals surface area contributed by atoms with Crippen molar-refractivity contribution in [3.63, 3.8) is 0 Å². The predicted molar refractivity (Wildman–Crippen MR) is 230 cm³/mol. The van der Waals surface area contributed by atoms with Crippen molar-refractivity contribution in [1.29, 1.82) is 5.26 Å². The summed E-state index contributed by atoms with van der Waals surface area (Å²) in [6.07, 6.45) is 0. The molecule has 1 aliphatic heterocycles. The summed E-state index contributed by atoms with van der Waals surface area (Å²) in [5.41, 5.74) is 11.8. The summed E-state index contributed by atoms with van der Waals surface area (Å²) in [5.74, 6) is 0. The number of anilines is 3. The molecule has 0 aliphatic carbocycles. The first-order chi connectivity index (χ1) is 28.1. The summed E-state index contributed by atoms with van der Waals surface area (Å²) >= 11 is 0. The van der Waals surface area contributed by atoms with Gasteiger partial charge < -0.3 is 9.47 Å². The lowest BCUT2D eigenvalue weighted by atomic mass is 9.62. The molecule has 0 bridgehead atoms. The van der Waals surface area contributed by atoms with Gasteiger partial charge in [0.25, 0.3) is 0 Å². The third-order valence-corrected chi connectivity index (χ3v) is 11.3. The average Bonchev–Trinajstić information content (AvgIpc) is 3.62. The Morgan fingerprint density at radius 3 is 1.56 bits per heavy atom. The maximum absolute atomic E-state index is 10.1. The summed E-state index contributed by atoms with van der Waals surface area (Å²) in [6, 6.07) is 67.5. The molecule has 0 saturated carbocycles. The van der Waals surface area contributed by atoms with Gasteiger partial charge in [0.2, 0.25) is 5.69 Å². The van der Waals surface area contributed by atoms with E-state index in [4.69, 9.17) is 13.1 Å². The lowest BCUT2D eigenvalue weighted by molar-refractivity contribution is 0.731. The van der Waals surface area contributed by atoms with Gasteiger partial charge in [0.15, 0.2) is 5.69 Å². The number of hydrogen-bond donors (Lipinski definition) is 0. The normalized spacial score (nSPS) is 12.6. The molecule has 0 amide bonds. The van der Waals surface area contributed by atoms with E-state index in [1.165, 1.54) is 6.07 Å². The molecule has 8 aromatic carbocycles. The molecule has 5 nitrogen and oxygen atoms in total. The Hall–Kier alpha value is -8.17. The van der Waals surface area contributed by atoms with Crippen molar-refractivity contribution in [2.45, 2.75) is 5.41 Å². The fourth-order valence-corrected chi connectivity index (χ4v) is 9.01. The number of fused-ring (bicyclic) bond motifs is 5. The van der Waals surface area contributed by atoms with Crippen LogP contribution in [0.25, 0.3) is 48.3 Å². The maximum Gasteiger partial charge on any atom is 0.202 e. The van der Waals surface area contributed by atoms with Crippen LogP contribution in [0.5, 0.6) is 0 Å². The Kier molecular flexibility index (Phi) is 7.79. The number of rotatable bonds is 5. The summed E-state index contributed by atoms with van der Waals surface area (Å²) < 4.78 is 2.28. The maximum atomic E-state index is 10.1. The Morgan fingerprint density at radius 2 is 1.02 bits per heavy atom. The van der Waals surface area contributed by atoms with Gasteiger partial charge in [0.05, 0.1) is 47.0 Å². The minimum absolute atomic E-state index is 0.159. The van der Waals surface area contributed by atoms with Crippen LogP contribution in [-0.4, -0.2) is 4.57 Å². The van der Waals surface area contributed by atoms with Gasteiger partial charge >= 0.3 is 0 Å². The zero-order valence-electron chi connectivity index (χ0n) is 30.6. The lowest BCUT2D eigenvalue weighted by Crippen LogP contribution is -2.37. The van der Waals surface area contributed by atoms with Crippen LogP contribution in [0.2, 0.25) is 0 Å². The summed E-state index contributed by atoms with van der Waals surface area (Å²) in [5, 5.41) is 12.4. The zero-order chi connectivity index (χ0) is 38.5. The third kappa shape index (κ3) is 4.99. The first kappa shape index (κ1) is 33.4. The van der Waals surface area contributed by atoms with Gasteiger partial charge in [-0.15, -0.1) is 0 Å². The van der Waals surface area contributed by atoms with Gasteiger partial charge in [-0.05, 0) is 81.9 Å². The van der Waals surface area contributed by atoms with Crippen molar-refractivity contribution < 1.29 is 0 Å². The topological polar surface area (TPSA) is 40.7 Å². The molecule has 264 valence electrons. The molecule has 0 unspecified atom stereocenters. The first-order valence-electron chi connectivity index (χ1n) is 18.7. The number of nitrogens with zero attached hydrogens (tertiary/aromatic N) is 5. The molecule has 57 heavy (non-hydrogen) atoms. The fourth-order valence-electron chi connectivity index (χ4n) is 9.01. The molecule has 0 atom stereocenters. The smallest absolute Gasteiger partial charge is 0.202 e. The number of hydrogen-bond acceptors (Lipinski definition) is 2. The Morgan fingerprint density at radius 1 is 0.509 bits per heavy atom. The second-order valence-electron chi connectivity index (χ2n) is 14.2. The molecule has 5 heteroatoms. The SMILES string of the molecule is [C-]#[N+]c1cc(C#N)cc(-c2cc(N3c4ccccc4C(c4ccccc4)(c4ccccc4)c4ccccc43)cc(-n3c4ccccc4c4ccccc43)c2)c1[N+]#[C-]. The van der Waals surface area contributed by atoms with Crippen LogP contribution < -0.4 is 4.90 Å². The van der Waals surface area contributed by atoms with Crippen molar-refractivity contribution in [3.8, 4) is 22.9 Å². The predicted octanol–water partition coefficient (Wildman–Crippen LogP) is 13.6. The molecule has 0 saturated heterocycles. The number of aromatic nitrogens is 1. The zero-order valence-corrected chi connectivity index (χ0v) is 30.6. The molecular formula is C52H31N5. The van der Waals surface area contributed by atoms with Crippen molar-refractivity contribution in [1.82, 2.24) is 4.57 Å². The van der Waals surface area contributed by atoms with Crippen molar-refractivity contribution in [2.75, 3.05) is 4.90 Å². The highest BCUT2D eigenvalue weighted by Crippen LogP contribution is 2.58. The average molecular weight is 726 g/mol. The van der Waals surface area contributed by atoms with Gasteiger partial charge in [-0.2, -0.15) is 5.26 Å². The first-order valence-corrected chi connectivity index (χ1v) is 18.7. The molecular weight excluding hydrogens is 695 g/mol. The number of benzene rings is 8. The highest BCUT2D eigenvalue weighted by Gasteiger charge is 2.46. The Balaban J connectivity index is 1.33. The molecule has 1 aliphatic rings. The summed E-state index contributed by atoms with van der Waals surface area (Å²) in [7, 11) is 0. The van der Waals surface area contributed by atoms with Gasteiger partial charge in [-0.3, -0.25) is 4.85 Å². The fraction of sp³-hybridized carbons (Fsp3) is 0.0192. The lowest BCUT2D eigenvalue weighted by Gasteiger charge is -2.46. The molecule has 1 aromatic heterocycles. The van der Waals surface area contributed by atoms with Crippen molar-refractivity contribution in [2.24, 2.45) is 0 Å². The highest BCUT2D eigenvalue weighted by atomic mass is 15.2. The van der Waals surface area contributed by atoms with Crippen LogP contribution in [0.4, 0.5) is 28.4 Å². The van der Waals surface area contributed by atoms with Crippen LogP contribution in [0.3, 0.4) is 0 Å². The largest absolute Gasteiger partial charge is 0.310 e. The summed E-state index contributed by atoms with van der Waals surface area (Å²) in [6.45, 7) is 16.2. The highest BCUT2D eigenvalue weighted by molar-refractivity contribution is 6.09. The monoisotopic (exact) mass is 725 g/mol. The van der Waals surface area contributed by atoms with Crippen LogP contribution in [0.1, 0.15) is 27.8 Å². The molecule has 9 aromatic rings. The van der Waals surface area contributed by atoms with E-state index in [2.05, 4.69) is 201 Å². The standard InChI is InChI=1S/C52H31N5/c1-54-46-30-35(34-53)29-43(51(46)55-2)36-31-39(56-47-25-13-9-21-41(47)42-22-10-14-26-48(42)56)33-40(32-36)57-49-27-15-11-23-44(49)52(37-17-5-3-6-18-37,38-19-7-4-8-20-38)45-24-12-16-28-50(45)57/h3-33H. The van der Waals surface area contributed by atoms with E-state index in [1.54, 1.807) is 6.07 Å². The molecule has 0 spiro atoms. The van der Waals surface area contributed by atoms with E-state index < -0.39 is 5.41 Å². The van der Waals surface area contributed by atoms with Gasteiger partial charge in [-0.25, -0.2) is 4.85 Å². The second-order valence-corrected chi connectivity index (χ2v) is 14.2. The Bertz CT molecular complexity index is 3030. The van der Waals surface area contributed by atoms with Crippen LogP contribution >= 0.6 is 0 Å². The second kappa shape index (κ2) is 13.3. The van der Waals surface area contributed by atoms with Crippen LogP contribution in [0, 0.1) is 24.5 Å². The van der Waals surface area contributed by atoms with Gasteiger partial charge in [0.1, 0.15) is 0 Å². The molecule has 10 rings (SSSR count). The van der Waals surface area contributed by atoms with Crippen LogP contribution in [-0.2, 0) is 5.41 Å².